The second kappa shape index (κ2) is 43.6. The molecule has 0 unspecified atom stereocenters. The summed E-state index contributed by atoms with van der Waals surface area (Å²) in [6.45, 7) is 52.0. The lowest BCUT2D eigenvalue weighted by atomic mass is 9.95. The molecule has 0 saturated heterocycles. The van der Waals surface area contributed by atoms with E-state index in [-0.39, 0.29) is 0 Å². The molecule has 19 aromatic rings. The Labute approximate surface area is 718 Å². The molecule has 24 rings (SSSR count). The third-order valence-corrected chi connectivity index (χ3v) is 21.7. The van der Waals surface area contributed by atoms with Gasteiger partial charge in [0.15, 0.2) is 0 Å². The van der Waals surface area contributed by atoms with E-state index >= 15 is 0 Å². The molecular weight excluding hydrogens is 1450 g/mol. The van der Waals surface area contributed by atoms with Crippen LogP contribution in [0.3, 0.4) is 0 Å². The van der Waals surface area contributed by atoms with Gasteiger partial charge in [-0.1, -0.05) is 417 Å². The molecule has 0 fully saturated rings. The Morgan fingerprint density at radius 1 is 0.192 bits per heavy atom. The number of hydrogen-bond donors (Lipinski definition) is 0. The molecule has 0 bridgehead atoms. The van der Waals surface area contributed by atoms with Crippen molar-refractivity contribution in [2.75, 3.05) is 0 Å². The van der Waals surface area contributed by atoms with Gasteiger partial charge in [0.1, 0.15) is 16.9 Å². The summed E-state index contributed by atoms with van der Waals surface area (Å²) in [5.41, 5.74) is 39.6. The van der Waals surface area contributed by atoms with E-state index < -0.39 is 0 Å². The SMILES string of the molecule is CC.CC.CC.CC.CC.CC.CC.CC.CC.CC.CC.CC.CC.c1ccc2c(c1)Cc1c-2ccc2c1Cc1c-2ccc2nc3c4ccccc4c4ccccc4n3c12.c1ccc2c(c1)Cc1ccc3c(c1-2)Cc1c-3ccc2nc3c4ccccc4c4ccccc4n3c12.c1ccc2c(c1)Cc1nc3c4ccccc4c4ccccc4n3c1-2. The van der Waals surface area contributed by atoms with Crippen LogP contribution in [0, 0.1) is 0 Å². The summed E-state index contributed by atoms with van der Waals surface area (Å²) in [7, 11) is 0. The maximum Gasteiger partial charge on any atom is 0.146 e. The number of imidazole rings is 3. The van der Waals surface area contributed by atoms with Crippen molar-refractivity contribution in [3.63, 3.8) is 0 Å². The van der Waals surface area contributed by atoms with Gasteiger partial charge in [0, 0.05) is 57.1 Å². The Morgan fingerprint density at radius 2 is 0.483 bits per heavy atom. The van der Waals surface area contributed by atoms with Gasteiger partial charge < -0.3 is 0 Å². The molecule has 6 nitrogen and oxygen atoms in total. The summed E-state index contributed by atoms with van der Waals surface area (Å²) in [6.07, 6.45) is 4.92. The highest BCUT2D eigenvalue weighted by atomic mass is 15.0. The van der Waals surface area contributed by atoms with Crippen molar-refractivity contribution in [3.05, 3.63) is 323 Å². The molecule has 0 atom stereocenters. The molecule has 0 aliphatic heterocycles. The molecule has 6 heteroatoms. The molecule has 13 aromatic carbocycles. The van der Waals surface area contributed by atoms with E-state index in [9.17, 15) is 0 Å². The summed E-state index contributed by atoms with van der Waals surface area (Å²) in [4.78, 5) is 15.5. The minimum absolute atomic E-state index is 0.926. The highest BCUT2D eigenvalue weighted by Gasteiger charge is 2.34. The van der Waals surface area contributed by atoms with Crippen molar-refractivity contribution in [3.8, 4) is 55.8 Å². The summed E-state index contributed by atoms with van der Waals surface area (Å²) < 4.78 is 7.21. The minimum atomic E-state index is 0.926. The molecule has 6 heterocycles. The summed E-state index contributed by atoms with van der Waals surface area (Å²) in [5.74, 6) is 0. The highest BCUT2D eigenvalue weighted by molar-refractivity contribution is 6.17. The number of fused-ring (bicyclic) bond motifs is 42. The third kappa shape index (κ3) is 15.9. The van der Waals surface area contributed by atoms with Crippen LogP contribution in [0.2, 0.25) is 0 Å². The lowest BCUT2D eigenvalue weighted by Crippen LogP contribution is -1.94. The molecule has 120 heavy (non-hydrogen) atoms. The van der Waals surface area contributed by atoms with E-state index in [1.807, 2.05) is 180 Å². The van der Waals surface area contributed by atoms with Crippen LogP contribution in [0.1, 0.15) is 236 Å². The predicted octanol–water partition coefficient (Wildman–Crippen LogP) is 34.4. The Kier molecular flexibility index (Phi) is 33.4. The molecule has 618 valence electrons. The number of rotatable bonds is 0. The van der Waals surface area contributed by atoms with Gasteiger partial charge in [-0.05, 0) is 154 Å². The van der Waals surface area contributed by atoms with Crippen molar-refractivity contribution in [2.45, 2.75) is 212 Å². The van der Waals surface area contributed by atoms with Gasteiger partial charge in [-0.15, -0.1) is 0 Å². The topological polar surface area (TPSA) is 51.9 Å². The Bertz CT molecular complexity index is 6650. The Morgan fingerprint density at radius 3 is 0.925 bits per heavy atom. The van der Waals surface area contributed by atoms with Crippen LogP contribution in [0.15, 0.2) is 267 Å². The smallest absolute Gasteiger partial charge is 0.146 e. The third-order valence-electron chi connectivity index (χ3n) is 21.7. The Balaban J connectivity index is 0.000000182. The van der Waals surface area contributed by atoms with E-state index in [2.05, 4.69) is 280 Å². The van der Waals surface area contributed by atoms with Gasteiger partial charge in [0.25, 0.3) is 0 Å². The largest absolute Gasteiger partial charge is 0.291 e. The van der Waals surface area contributed by atoms with E-state index in [1.54, 1.807) is 0 Å². The normalized spacial score (nSPS) is 11.1. The number of hydrogen-bond acceptors (Lipinski definition) is 3. The summed E-state index contributed by atoms with van der Waals surface area (Å²) in [5, 5.41) is 11.3. The fraction of sp³-hybridized carbons (Fsp3) is 0.272. The van der Waals surface area contributed by atoms with Crippen LogP contribution >= 0.6 is 0 Å². The minimum Gasteiger partial charge on any atom is -0.291 e. The molecule has 0 saturated carbocycles. The first-order valence-corrected chi connectivity index (χ1v) is 46.0. The van der Waals surface area contributed by atoms with Gasteiger partial charge >= 0.3 is 0 Å². The number of aromatic nitrogens is 6. The summed E-state index contributed by atoms with van der Waals surface area (Å²) >= 11 is 0. The monoisotopic (exact) mass is 1590 g/mol. The maximum absolute atomic E-state index is 5.21. The number of para-hydroxylation sites is 3. The molecule has 0 radical (unpaired) electrons. The van der Waals surface area contributed by atoms with E-state index in [0.717, 1.165) is 60.1 Å². The second-order valence-corrected chi connectivity index (χ2v) is 26.3. The molecule has 0 N–H and O–H groups in total. The zero-order valence-corrected chi connectivity index (χ0v) is 77.1. The van der Waals surface area contributed by atoms with Gasteiger partial charge in [-0.25, -0.2) is 15.0 Å². The molecule has 5 aliphatic rings. The first kappa shape index (κ1) is 91.9. The highest BCUT2D eigenvalue weighted by Crippen LogP contribution is 2.52. The van der Waals surface area contributed by atoms with Gasteiger partial charge in [-0.3, -0.25) is 13.2 Å². The first-order valence-electron chi connectivity index (χ1n) is 46.0. The molecular formula is C114H132N6. The second-order valence-electron chi connectivity index (χ2n) is 26.3. The van der Waals surface area contributed by atoms with Gasteiger partial charge in [-0.2, -0.15) is 0 Å². The van der Waals surface area contributed by atoms with Gasteiger partial charge in [0.2, 0.25) is 0 Å². The molecule has 6 aromatic heterocycles. The number of nitrogens with zero attached hydrogens (tertiary/aromatic N) is 6. The quantitative estimate of drug-likeness (QED) is 0.142. The van der Waals surface area contributed by atoms with Crippen LogP contribution in [0.4, 0.5) is 0 Å². The van der Waals surface area contributed by atoms with Crippen LogP contribution in [-0.2, 0) is 32.1 Å². The average molecular weight is 1590 g/mol. The zero-order valence-electron chi connectivity index (χ0n) is 77.1. The van der Waals surface area contributed by atoms with Crippen molar-refractivity contribution >= 4 is 104 Å². The van der Waals surface area contributed by atoms with E-state index in [4.69, 9.17) is 15.0 Å². The maximum atomic E-state index is 5.21. The van der Waals surface area contributed by atoms with E-state index in [1.165, 1.54) is 188 Å². The lowest BCUT2D eigenvalue weighted by molar-refractivity contribution is 1.16. The standard InChI is InChI=1S/2C33H20N2.C22H14N2.13C2H6/c1-2-8-21-19(7-1)17-20-13-14-23-24-15-16-29-32(28(24)18-27(23)31(20)21)35-30-12-6-5-10-25(30)22-9-3-4-11-26(22)33(35)34-29;1-2-8-20-19(7-1)17-27-22(20)13-14-23-24-15-16-30-32(29(24)18-28(23)27)35-31-12-6-5-10-25(31)21-9-3-4-11-26(21)33(35)34-30;1-2-8-15-14(7-1)13-19-21(15)24-20-12-6-5-10-17(20)16-9-3-4-11-18(16)22(24)23-19;13*1-2/h2*1-16H,17-18H2;1-12H,13H2;13*1-2H3. The number of benzene rings is 13. The van der Waals surface area contributed by atoms with Crippen LogP contribution in [-0.4, -0.2) is 28.2 Å². The molecule has 0 amide bonds. The first-order chi connectivity index (χ1) is 59.6. The number of pyridine rings is 3. The average Bonchev–Trinajstić information content (AvgIpc) is 1.53. The van der Waals surface area contributed by atoms with Crippen LogP contribution in [0.5, 0.6) is 0 Å². The van der Waals surface area contributed by atoms with Crippen molar-refractivity contribution in [1.82, 2.24) is 28.2 Å². The predicted molar refractivity (Wildman–Crippen MR) is 534 cm³/mol. The van der Waals surface area contributed by atoms with Crippen molar-refractivity contribution in [1.29, 1.82) is 0 Å². The molecule has 5 aliphatic carbocycles. The van der Waals surface area contributed by atoms with Gasteiger partial charge in [0.05, 0.1) is 50.0 Å². The fourth-order valence-electron chi connectivity index (χ4n) is 17.8. The fourth-order valence-corrected chi connectivity index (χ4v) is 17.8. The zero-order chi connectivity index (χ0) is 87.0. The van der Waals surface area contributed by atoms with Crippen LogP contribution < -0.4 is 0 Å². The summed E-state index contributed by atoms with van der Waals surface area (Å²) in [6, 6.07) is 97.1. The van der Waals surface area contributed by atoms with Crippen LogP contribution in [0.25, 0.3) is 160 Å². The van der Waals surface area contributed by atoms with Crippen molar-refractivity contribution < 1.29 is 0 Å². The van der Waals surface area contributed by atoms with E-state index in [0.29, 0.717) is 0 Å². The lowest BCUT2D eigenvalue weighted by Gasteiger charge is -2.10. The van der Waals surface area contributed by atoms with Crippen molar-refractivity contribution in [2.24, 2.45) is 0 Å². The Hall–Kier alpha value is -12.0. The molecule has 0 spiro atoms.